The number of esters is 1. The van der Waals surface area contributed by atoms with Gasteiger partial charge in [0.05, 0.1) is 4.90 Å². The lowest BCUT2D eigenvalue weighted by atomic mass is 10.3. The van der Waals surface area contributed by atoms with Crippen molar-refractivity contribution in [1.82, 2.24) is 4.72 Å². The second-order valence-corrected chi connectivity index (χ2v) is 7.47. The highest BCUT2D eigenvalue weighted by molar-refractivity contribution is 7.89. The number of amides is 1. The van der Waals surface area contributed by atoms with Gasteiger partial charge in [0.25, 0.3) is 5.91 Å². The minimum absolute atomic E-state index is 0.0290. The highest BCUT2D eigenvalue weighted by atomic mass is 35.5. The van der Waals surface area contributed by atoms with Crippen molar-refractivity contribution in [1.29, 1.82) is 0 Å². The molecule has 0 fully saturated rings. The highest BCUT2D eigenvalue weighted by Crippen LogP contribution is 2.14. The Morgan fingerprint density at radius 1 is 1.08 bits per heavy atom. The Hall–Kier alpha value is -2.42. The monoisotopic (exact) mass is 396 g/mol. The number of carbonyl (C=O) groups excluding carboxylic acids is 2. The van der Waals surface area contributed by atoms with Crippen LogP contribution in [0.25, 0.3) is 0 Å². The third-order valence-corrected chi connectivity index (χ3v) is 4.92. The number of carbonyl (C=O) groups is 2. The van der Waals surface area contributed by atoms with Gasteiger partial charge in [-0.3, -0.25) is 9.59 Å². The predicted molar refractivity (Wildman–Crippen MR) is 97.3 cm³/mol. The van der Waals surface area contributed by atoms with Crippen LogP contribution in [0.4, 0.5) is 5.69 Å². The average molecular weight is 397 g/mol. The van der Waals surface area contributed by atoms with Crippen molar-refractivity contribution in [2.24, 2.45) is 0 Å². The molecule has 2 rings (SSSR count). The van der Waals surface area contributed by atoms with Gasteiger partial charge in [0.15, 0.2) is 6.10 Å². The molecule has 2 N–H and O–H groups in total. The summed E-state index contributed by atoms with van der Waals surface area (Å²) in [6.45, 7) is 0.796. The SMILES string of the molecule is C[C@@H](OC(=O)CNS(=O)(=O)c1ccccc1)C(=O)Nc1ccc(Cl)cc1. The molecule has 0 unspecified atom stereocenters. The van der Waals surface area contributed by atoms with Crippen LogP contribution in [-0.2, 0) is 24.3 Å². The largest absolute Gasteiger partial charge is 0.452 e. The molecule has 1 atom stereocenters. The van der Waals surface area contributed by atoms with E-state index in [9.17, 15) is 18.0 Å². The van der Waals surface area contributed by atoms with Crippen LogP contribution in [0.15, 0.2) is 59.5 Å². The van der Waals surface area contributed by atoms with E-state index in [2.05, 4.69) is 10.0 Å². The number of anilines is 1. The van der Waals surface area contributed by atoms with Crippen molar-refractivity contribution in [3.05, 3.63) is 59.6 Å². The van der Waals surface area contributed by atoms with E-state index in [0.29, 0.717) is 10.7 Å². The number of ether oxygens (including phenoxy) is 1. The lowest BCUT2D eigenvalue weighted by molar-refractivity contribution is -0.151. The topological polar surface area (TPSA) is 102 Å². The van der Waals surface area contributed by atoms with Crippen LogP contribution in [0.1, 0.15) is 6.92 Å². The van der Waals surface area contributed by atoms with Crippen LogP contribution in [0, 0.1) is 0 Å². The van der Waals surface area contributed by atoms with Crippen LogP contribution < -0.4 is 10.0 Å². The van der Waals surface area contributed by atoms with Gasteiger partial charge in [-0.05, 0) is 43.3 Å². The molecule has 0 bridgehead atoms. The minimum Gasteiger partial charge on any atom is -0.452 e. The number of rotatable bonds is 7. The van der Waals surface area contributed by atoms with E-state index in [-0.39, 0.29) is 4.90 Å². The third-order valence-electron chi connectivity index (χ3n) is 3.25. The summed E-state index contributed by atoms with van der Waals surface area (Å²) in [4.78, 5) is 23.8. The number of hydrogen-bond acceptors (Lipinski definition) is 5. The summed E-state index contributed by atoms with van der Waals surface area (Å²) in [7, 11) is -3.83. The lowest BCUT2D eigenvalue weighted by Gasteiger charge is -2.14. The molecule has 138 valence electrons. The molecule has 0 saturated heterocycles. The summed E-state index contributed by atoms with van der Waals surface area (Å²) < 4.78 is 31.1. The van der Waals surface area contributed by atoms with Crippen LogP contribution >= 0.6 is 11.6 Å². The number of benzene rings is 2. The van der Waals surface area contributed by atoms with E-state index in [4.69, 9.17) is 16.3 Å². The van der Waals surface area contributed by atoms with Crippen molar-refractivity contribution in [2.45, 2.75) is 17.9 Å². The van der Waals surface area contributed by atoms with Gasteiger partial charge in [0.1, 0.15) is 6.54 Å². The van der Waals surface area contributed by atoms with Gasteiger partial charge in [-0.15, -0.1) is 0 Å². The van der Waals surface area contributed by atoms with Crippen molar-refractivity contribution in [3.8, 4) is 0 Å². The van der Waals surface area contributed by atoms with E-state index in [0.717, 1.165) is 0 Å². The molecule has 0 aliphatic heterocycles. The molecule has 2 aromatic rings. The van der Waals surface area contributed by atoms with E-state index in [1.165, 1.54) is 19.1 Å². The molecule has 0 aromatic heterocycles. The zero-order valence-electron chi connectivity index (χ0n) is 13.8. The van der Waals surface area contributed by atoms with Gasteiger partial charge in [-0.1, -0.05) is 29.8 Å². The lowest BCUT2D eigenvalue weighted by Crippen LogP contribution is -2.35. The fraction of sp³-hybridized carbons (Fsp3) is 0.176. The zero-order chi connectivity index (χ0) is 19.2. The molecular formula is C17H17ClN2O5S. The first kappa shape index (κ1) is 19.9. The maximum Gasteiger partial charge on any atom is 0.321 e. The normalized spacial score (nSPS) is 12.2. The summed E-state index contributed by atoms with van der Waals surface area (Å²) in [5.74, 6) is -1.42. The van der Waals surface area contributed by atoms with Crippen molar-refractivity contribution in [2.75, 3.05) is 11.9 Å². The molecular weight excluding hydrogens is 380 g/mol. The number of nitrogens with one attached hydrogen (secondary N) is 2. The summed E-state index contributed by atoms with van der Waals surface area (Å²) in [6, 6.07) is 14.0. The van der Waals surface area contributed by atoms with Crippen LogP contribution in [0.2, 0.25) is 5.02 Å². The van der Waals surface area contributed by atoms with Gasteiger partial charge < -0.3 is 10.1 Å². The van der Waals surface area contributed by atoms with E-state index in [1.54, 1.807) is 42.5 Å². The second-order valence-electron chi connectivity index (χ2n) is 5.27. The Morgan fingerprint density at radius 2 is 1.69 bits per heavy atom. The fourth-order valence-corrected chi connectivity index (χ4v) is 3.02. The summed E-state index contributed by atoms with van der Waals surface area (Å²) in [6.07, 6.45) is -1.10. The van der Waals surface area contributed by atoms with Gasteiger partial charge in [-0.25, -0.2) is 8.42 Å². The molecule has 2 aromatic carbocycles. The molecule has 0 aliphatic carbocycles. The smallest absolute Gasteiger partial charge is 0.321 e. The van der Waals surface area contributed by atoms with Gasteiger partial charge in [0, 0.05) is 10.7 Å². The molecule has 7 nitrogen and oxygen atoms in total. The molecule has 0 saturated carbocycles. The van der Waals surface area contributed by atoms with E-state index >= 15 is 0 Å². The quantitative estimate of drug-likeness (QED) is 0.698. The predicted octanol–water partition coefficient (Wildman–Crippen LogP) is 2.19. The standard InChI is InChI=1S/C17H17ClN2O5S/c1-12(17(22)20-14-9-7-13(18)8-10-14)25-16(21)11-19-26(23,24)15-5-3-2-4-6-15/h2-10,12,19H,11H2,1H3,(H,20,22)/t12-/m1/s1. The first-order valence-corrected chi connectivity index (χ1v) is 9.44. The number of hydrogen-bond donors (Lipinski definition) is 2. The Balaban J connectivity index is 1.84. The van der Waals surface area contributed by atoms with Gasteiger partial charge in [0.2, 0.25) is 10.0 Å². The third kappa shape index (κ3) is 5.83. The fourth-order valence-electron chi connectivity index (χ4n) is 1.91. The van der Waals surface area contributed by atoms with Crippen molar-refractivity contribution >= 4 is 39.2 Å². The molecule has 0 radical (unpaired) electrons. The summed E-state index contributed by atoms with van der Waals surface area (Å²) in [5, 5.41) is 3.08. The first-order valence-electron chi connectivity index (χ1n) is 7.58. The maximum absolute atomic E-state index is 12.0. The Morgan fingerprint density at radius 3 is 2.31 bits per heavy atom. The molecule has 0 heterocycles. The van der Waals surface area contributed by atoms with E-state index in [1.807, 2.05) is 0 Å². The van der Waals surface area contributed by atoms with Crippen molar-refractivity contribution in [3.63, 3.8) is 0 Å². The number of halogens is 1. The van der Waals surface area contributed by atoms with E-state index < -0.39 is 34.5 Å². The number of sulfonamides is 1. The molecule has 0 aliphatic rings. The molecule has 9 heteroatoms. The average Bonchev–Trinajstić information content (AvgIpc) is 2.62. The van der Waals surface area contributed by atoms with Gasteiger partial charge in [-0.2, -0.15) is 4.72 Å². The summed E-state index contributed by atoms with van der Waals surface area (Å²) in [5.41, 5.74) is 0.493. The van der Waals surface area contributed by atoms with Crippen molar-refractivity contribution < 1.29 is 22.7 Å². The maximum atomic E-state index is 12.0. The molecule has 26 heavy (non-hydrogen) atoms. The van der Waals surface area contributed by atoms with Gasteiger partial charge >= 0.3 is 5.97 Å². The van der Waals surface area contributed by atoms with Crippen LogP contribution in [-0.4, -0.2) is 32.9 Å². The molecule has 0 spiro atoms. The Bertz CT molecular complexity index is 870. The Kier molecular flexibility index (Phi) is 6.73. The Labute approximate surface area is 156 Å². The minimum atomic E-state index is -3.83. The van der Waals surface area contributed by atoms with Crippen LogP contribution in [0.3, 0.4) is 0 Å². The highest BCUT2D eigenvalue weighted by Gasteiger charge is 2.20. The first-order chi connectivity index (χ1) is 12.3. The second kappa shape index (κ2) is 8.79. The zero-order valence-corrected chi connectivity index (χ0v) is 15.4. The summed E-state index contributed by atoms with van der Waals surface area (Å²) >= 11 is 5.76. The van der Waals surface area contributed by atoms with Crippen LogP contribution in [0.5, 0.6) is 0 Å². The molecule has 1 amide bonds.